The highest BCUT2D eigenvalue weighted by atomic mass is 16.5. The van der Waals surface area contributed by atoms with Crippen LogP contribution < -0.4 is 5.32 Å². The van der Waals surface area contributed by atoms with Crippen LogP contribution in [0.2, 0.25) is 0 Å². The van der Waals surface area contributed by atoms with E-state index in [1.54, 1.807) is 0 Å². The predicted molar refractivity (Wildman–Crippen MR) is 112 cm³/mol. The van der Waals surface area contributed by atoms with E-state index >= 15 is 0 Å². The largest absolute Gasteiger partial charge is 0.381 e. The zero-order valence-electron chi connectivity index (χ0n) is 16.5. The molecule has 0 saturated carbocycles. The summed E-state index contributed by atoms with van der Waals surface area (Å²) in [5.41, 5.74) is 1.82. The molecule has 0 aliphatic carbocycles. The molecule has 4 nitrogen and oxygen atoms in total. The zero-order valence-corrected chi connectivity index (χ0v) is 16.5. The molecule has 2 aromatic rings. The van der Waals surface area contributed by atoms with Gasteiger partial charge in [0.2, 0.25) is 5.91 Å². The molecule has 146 valence electrons. The van der Waals surface area contributed by atoms with E-state index in [4.69, 9.17) is 4.74 Å². The van der Waals surface area contributed by atoms with Gasteiger partial charge < -0.3 is 10.1 Å². The topological polar surface area (TPSA) is 41.6 Å². The molecule has 1 fully saturated rings. The second kappa shape index (κ2) is 10.1. The van der Waals surface area contributed by atoms with E-state index < -0.39 is 5.41 Å². The minimum absolute atomic E-state index is 0.0499. The fourth-order valence-electron chi connectivity index (χ4n) is 3.62. The Labute approximate surface area is 167 Å². The standard InChI is InChI=1S/C24H28N2O2/c1-26(20-21-10-4-2-5-11-21)17-9-8-16-25-23(27)24(14-18-28-19-15-24)22-12-6-3-7-13-22/h2-7,10-13H,14-20H2,1H3,(H,25,27). The van der Waals surface area contributed by atoms with Gasteiger partial charge in [-0.3, -0.25) is 9.69 Å². The first kappa shape index (κ1) is 20.1. The molecule has 0 radical (unpaired) electrons. The average molecular weight is 377 g/mol. The van der Waals surface area contributed by atoms with Gasteiger partial charge >= 0.3 is 0 Å². The first-order valence-corrected chi connectivity index (χ1v) is 9.80. The van der Waals surface area contributed by atoms with Crippen molar-refractivity contribution in [1.82, 2.24) is 10.2 Å². The molecule has 1 aliphatic rings. The van der Waals surface area contributed by atoms with Crippen LogP contribution in [0, 0.1) is 11.8 Å². The van der Waals surface area contributed by atoms with Gasteiger partial charge in [-0.05, 0) is 31.0 Å². The first-order chi connectivity index (χ1) is 13.7. The molecule has 3 rings (SSSR count). The number of hydrogen-bond donors (Lipinski definition) is 1. The lowest BCUT2D eigenvalue weighted by molar-refractivity contribution is -0.130. The quantitative estimate of drug-likeness (QED) is 0.788. The van der Waals surface area contributed by atoms with Crippen LogP contribution in [0.3, 0.4) is 0 Å². The molecule has 0 atom stereocenters. The van der Waals surface area contributed by atoms with E-state index in [0.717, 1.165) is 12.1 Å². The van der Waals surface area contributed by atoms with Crippen LogP contribution in [0.4, 0.5) is 0 Å². The lowest BCUT2D eigenvalue weighted by atomic mass is 9.73. The third-order valence-corrected chi connectivity index (χ3v) is 5.21. The van der Waals surface area contributed by atoms with Crippen molar-refractivity contribution in [3.8, 4) is 11.8 Å². The van der Waals surface area contributed by atoms with Gasteiger partial charge in [0, 0.05) is 19.8 Å². The van der Waals surface area contributed by atoms with Crippen LogP contribution in [-0.4, -0.2) is 44.2 Å². The maximum absolute atomic E-state index is 13.0. The number of ether oxygens (including phenoxy) is 1. The molecule has 28 heavy (non-hydrogen) atoms. The molecule has 0 unspecified atom stereocenters. The molecule has 4 heteroatoms. The third kappa shape index (κ3) is 5.22. The van der Waals surface area contributed by atoms with E-state index in [9.17, 15) is 4.79 Å². The van der Waals surface area contributed by atoms with Gasteiger partial charge in [-0.25, -0.2) is 0 Å². The Balaban J connectivity index is 1.52. The molecule has 0 aromatic heterocycles. The van der Waals surface area contributed by atoms with Crippen molar-refractivity contribution in [3.63, 3.8) is 0 Å². The van der Waals surface area contributed by atoms with Crippen LogP contribution in [0.1, 0.15) is 24.0 Å². The zero-order chi connectivity index (χ0) is 19.7. The molecule has 0 spiro atoms. The fraction of sp³-hybridized carbons (Fsp3) is 0.375. The normalized spacial score (nSPS) is 15.5. The van der Waals surface area contributed by atoms with Crippen molar-refractivity contribution in [2.45, 2.75) is 24.8 Å². The second-order valence-electron chi connectivity index (χ2n) is 7.25. The molecule has 1 saturated heterocycles. The SMILES string of the molecule is CN(CC#CCNC(=O)C1(c2ccccc2)CCOCC1)Cc1ccccc1. The summed E-state index contributed by atoms with van der Waals surface area (Å²) in [6.07, 6.45) is 1.41. The Hall–Kier alpha value is -2.61. The number of carbonyl (C=O) groups is 1. The summed E-state index contributed by atoms with van der Waals surface area (Å²) in [5.74, 6) is 6.29. The summed E-state index contributed by atoms with van der Waals surface area (Å²) in [5, 5.41) is 3.03. The number of hydrogen-bond acceptors (Lipinski definition) is 3. The van der Waals surface area contributed by atoms with Crippen LogP contribution in [-0.2, 0) is 21.5 Å². The molecule has 2 aromatic carbocycles. The van der Waals surface area contributed by atoms with Gasteiger partial charge in [-0.1, -0.05) is 72.5 Å². The Morgan fingerprint density at radius 3 is 2.36 bits per heavy atom. The van der Waals surface area contributed by atoms with Crippen LogP contribution in [0.5, 0.6) is 0 Å². The van der Waals surface area contributed by atoms with Crippen molar-refractivity contribution >= 4 is 5.91 Å². The highest BCUT2D eigenvalue weighted by Gasteiger charge is 2.41. The molecular formula is C24H28N2O2. The average Bonchev–Trinajstić information content (AvgIpc) is 2.75. The van der Waals surface area contributed by atoms with Gasteiger partial charge in [-0.2, -0.15) is 0 Å². The van der Waals surface area contributed by atoms with E-state index in [2.05, 4.69) is 34.2 Å². The maximum Gasteiger partial charge on any atom is 0.231 e. The second-order valence-corrected chi connectivity index (χ2v) is 7.25. The minimum atomic E-state index is -0.509. The molecular weight excluding hydrogens is 348 g/mol. The molecule has 1 heterocycles. The summed E-state index contributed by atoms with van der Waals surface area (Å²) in [6, 6.07) is 20.4. The van der Waals surface area contributed by atoms with Crippen molar-refractivity contribution in [3.05, 3.63) is 71.8 Å². The highest BCUT2D eigenvalue weighted by Crippen LogP contribution is 2.34. The van der Waals surface area contributed by atoms with Crippen LogP contribution in [0.15, 0.2) is 60.7 Å². The van der Waals surface area contributed by atoms with Gasteiger partial charge in [0.05, 0.1) is 18.5 Å². The van der Waals surface area contributed by atoms with E-state index in [0.29, 0.717) is 39.1 Å². The van der Waals surface area contributed by atoms with Crippen molar-refractivity contribution in [2.24, 2.45) is 0 Å². The number of benzene rings is 2. The number of carbonyl (C=O) groups excluding carboxylic acids is 1. The number of rotatable bonds is 6. The summed E-state index contributed by atoms with van der Waals surface area (Å²) >= 11 is 0. The highest BCUT2D eigenvalue weighted by molar-refractivity contribution is 5.88. The fourth-order valence-corrected chi connectivity index (χ4v) is 3.62. The Morgan fingerprint density at radius 2 is 1.68 bits per heavy atom. The van der Waals surface area contributed by atoms with Crippen molar-refractivity contribution in [2.75, 3.05) is 33.4 Å². The third-order valence-electron chi connectivity index (χ3n) is 5.21. The van der Waals surface area contributed by atoms with Gasteiger partial charge in [0.1, 0.15) is 0 Å². The van der Waals surface area contributed by atoms with Crippen LogP contribution in [0.25, 0.3) is 0 Å². The van der Waals surface area contributed by atoms with Crippen LogP contribution >= 0.6 is 0 Å². The number of nitrogens with zero attached hydrogens (tertiary/aromatic N) is 1. The Bertz CT molecular complexity index is 803. The smallest absolute Gasteiger partial charge is 0.231 e. The Morgan fingerprint density at radius 1 is 1.04 bits per heavy atom. The van der Waals surface area contributed by atoms with Gasteiger partial charge in [-0.15, -0.1) is 0 Å². The lowest BCUT2D eigenvalue weighted by Gasteiger charge is -2.36. The van der Waals surface area contributed by atoms with Crippen molar-refractivity contribution < 1.29 is 9.53 Å². The first-order valence-electron chi connectivity index (χ1n) is 9.80. The van der Waals surface area contributed by atoms with E-state index in [-0.39, 0.29) is 5.91 Å². The summed E-state index contributed by atoms with van der Waals surface area (Å²) in [7, 11) is 2.05. The predicted octanol–water partition coefficient (Wildman–Crippen LogP) is 2.99. The number of amides is 1. The maximum atomic E-state index is 13.0. The number of nitrogens with one attached hydrogen (secondary N) is 1. The summed E-state index contributed by atoms with van der Waals surface area (Å²) < 4.78 is 5.50. The monoisotopic (exact) mass is 376 g/mol. The Kier molecular flexibility index (Phi) is 7.25. The lowest BCUT2D eigenvalue weighted by Crippen LogP contribution is -2.48. The summed E-state index contributed by atoms with van der Waals surface area (Å²) in [4.78, 5) is 15.2. The van der Waals surface area contributed by atoms with E-state index in [1.165, 1.54) is 5.56 Å². The van der Waals surface area contributed by atoms with Crippen molar-refractivity contribution in [1.29, 1.82) is 0 Å². The molecule has 1 aliphatic heterocycles. The molecule has 1 N–H and O–H groups in total. The summed E-state index contributed by atoms with van der Waals surface area (Å²) in [6.45, 7) is 3.12. The van der Waals surface area contributed by atoms with E-state index in [1.807, 2.05) is 55.6 Å². The van der Waals surface area contributed by atoms with Gasteiger partial charge in [0.25, 0.3) is 0 Å². The molecule has 1 amide bonds. The van der Waals surface area contributed by atoms with Gasteiger partial charge in [0.15, 0.2) is 0 Å². The molecule has 0 bridgehead atoms. The minimum Gasteiger partial charge on any atom is -0.381 e.